The maximum absolute atomic E-state index is 12.2. The summed E-state index contributed by atoms with van der Waals surface area (Å²) in [4.78, 5) is 12.2. The monoisotopic (exact) mass is 336 g/mol. The average Bonchev–Trinajstić information content (AvgIpc) is 2.78. The van der Waals surface area contributed by atoms with Crippen LogP contribution in [-0.2, 0) is 7.05 Å². The second-order valence-electron chi connectivity index (χ2n) is 4.47. The van der Waals surface area contributed by atoms with Crippen LogP contribution >= 0.6 is 15.9 Å². The van der Waals surface area contributed by atoms with Gasteiger partial charge in [0.2, 0.25) is 0 Å². The van der Waals surface area contributed by atoms with Gasteiger partial charge in [0.1, 0.15) is 18.9 Å². The molecule has 0 aliphatic carbocycles. The minimum absolute atomic E-state index is 0.171. The van der Waals surface area contributed by atoms with E-state index in [1.54, 1.807) is 28.8 Å². The van der Waals surface area contributed by atoms with E-state index in [2.05, 4.69) is 21.2 Å². The van der Waals surface area contributed by atoms with E-state index in [9.17, 15) is 4.79 Å². The van der Waals surface area contributed by atoms with Crippen LogP contribution in [0.2, 0.25) is 0 Å². The van der Waals surface area contributed by atoms with Crippen LogP contribution in [0.25, 0.3) is 0 Å². The Morgan fingerprint density at radius 3 is 2.70 bits per heavy atom. The number of carbonyl (C=O) groups excluding carboxylic acids is 1. The Bertz CT molecular complexity index is 666. The van der Waals surface area contributed by atoms with Crippen molar-refractivity contribution in [1.29, 1.82) is 0 Å². The molecular weight excluding hydrogens is 324 g/mol. The third kappa shape index (κ3) is 2.51. The van der Waals surface area contributed by atoms with Gasteiger partial charge in [0.05, 0.1) is 0 Å². The molecule has 2 heterocycles. The lowest BCUT2D eigenvalue weighted by Gasteiger charge is -2.19. The van der Waals surface area contributed by atoms with Gasteiger partial charge >= 0.3 is 0 Å². The first-order chi connectivity index (χ1) is 9.63. The third-order valence-corrected chi connectivity index (χ3v) is 3.44. The molecular formula is C14H13BrN2O3. The Hall–Kier alpha value is -1.95. The number of nitrogens with zero attached hydrogens (tertiary/aromatic N) is 1. The zero-order valence-electron chi connectivity index (χ0n) is 10.9. The molecule has 0 unspecified atom stereocenters. The second-order valence-corrected chi connectivity index (χ2v) is 5.38. The summed E-state index contributed by atoms with van der Waals surface area (Å²) < 4.78 is 13.6. The maximum atomic E-state index is 12.2. The molecule has 0 fully saturated rings. The first-order valence-corrected chi connectivity index (χ1v) is 6.95. The van der Waals surface area contributed by atoms with Gasteiger partial charge in [-0.05, 0) is 34.1 Å². The SMILES string of the molecule is Cn1cc(Br)cc1C(=O)Nc1ccc2c(c1)OCCO2. The lowest BCUT2D eigenvalue weighted by Crippen LogP contribution is -2.17. The van der Waals surface area contributed by atoms with E-state index >= 15 is 0 Å². The van der Waals surface area contributed by atoms with Crippen LogP contribution in [0.5, 0.6) is 11.5 Å². The van der Waals surface area contributed by atoms with Gasteiger partial charge in [0, 0.05) is 29.5 Å². The molecule has 20 heavy (non-hydrogen) atoms. The molecule has 5 nitrogen and oxygen atoms in total. The highest BCUT2D eigenvalue weighted by molar-refractivity contribution is 9.10. The summed E-state index contributed by atoms with van der Waals surface area (Å²) in [5.74, 6) is 1.19. The Balaban J connectivity index is 1.81. The van der Waals surface area contributed by atoms with Gasteiger partial charge in [0.15, 0.2) is 11.5 Å². The number of aryl methyl sites for hydroxylation is 1. The van der Waals surface area contributed by atoms with Crippen molar-refractivity contribution in [3.8, 4) is 11.5 Å². The zero-order valence-corrected chi connectivity index (χ0v) is 12.4. The van der Waals surface area contributed by atoms with Crippen molar-refractivity contribution < 1.29 is 14.3 Å². The Labute approximate surface area is 124 Å². The van der Waals surface area contributed by atoms with Crippen LogP contribution in [0.1, 0.15) is 10.5 Å². The number of hydrogen-bond acceptors (Lipinski definition) is 3. The molecule has 0 saturated carbocycles. The minimum atomic E-state index is -0.171. The van der Waals surface area contributed by atoms with Crippen LogP contribution < -0.4 is 14.8 Å². The summed E-state index contributed by atoms with van der Waals surface area (Å²) in [5, 5.41) is 2.85. The smallest absolute Gasteiger partial charge is 0.272 e. The van der Waals surface area contributed by atoms with Gasteiger partial charge in [-0.1, -0.05) is 0 Å². The summed E-state index contributed by atoms with van der Waals surface area (Å²) in [5.41, 5.74) is 1.25. The molecule has 0 radical (unpaired) electrons. The molecule has 3 rings (SSSR count). The highest BCUT2D eigenvalue weighted by atomic mass is 79.9. The van der Waals surface area contributed by atoms with E-state index in [-0.39, 0.29) is 5.91 Å². The highest BCUT2D eigenvalue weighted by Crippen LogP contribution is 2.32. The number of halogens is 1. The molecule has 2 aromatic rings. The molecule has 1 N–H and O–H groups in total. The summed E-state index contributed by atoms with van der Waals surface area (Å²) in [7, 11) is 1.82. The number of fused-ring (bicyclic) bond motifs is 1. The van der Waals surface area contributed by atoms with E-state index in [1.807, 2.05) is 13.2 Å². The molecule has 1 aliphatic rings. The lowest BCUT2D eigenvalue weighted by atomic mass is 10.2. The van der Waals surface area contributed by atoms with Gasteiger partial charge in [-0.3, -0.25) is 4.79 Å². The predicted octanol–water partition coefficient (Wildman–Crippen LogP) is 2.81. The van der Waals surface area contributed by atoms with Gasteiger partial charge in [-0.25, -0.2) is 0 Å². The third-order valence-electron chi connectivity index (χ3n) is 3.00. The summed E-state index contributed by atoms with van der Waals surface area (Å²) >= 11 is 3.35. The summed E-state index contributed by atoms with van der Waals surface area (Å²) in [6.07, 6.45) is 1.83. The van der Waals surface area contributed by atoms with Crippen LogP contribution in [0.4, 0.5) is 5.69 Å². The fourth-order valence-corrected chi connectivity index (χ4v) is 2.59. The maximum Gasteiger partial charge on any atom is 0.272 e. The fourth-order valence-electron chi connectivity index (χ4n) is 2.07. The molecule has 104 valence electrons. The van der Waals surface area contributed by atoms with E-state index in [1.165, 1.54) is 0 Å². The van der Waals surface area contributed by atoms with Gasteiger partial charge < -0.3 is 19.4 Å². The number of rotatable bonds is 2. The number of aromatic nitrogens is 1. The predicted molar refractivity (Wildman–Crippen MR) is 78.5 cm³/mol. The largest absolute Gasteiger partial charge is 0.486 e. The fraction of sp³-hybridized carbons (Fsp3) is 0.214. The Morgan fingerprint density at radius 2 is 2.00 bits per heavy atom. The molecule has 0 saturated heterocycles. The Kier molecular flexibility index (Phi) is 3.40. The number of nitrogens with one attached hydrogen (secondary N) is 1. The van der Waals surface area contributed by atoms with Crippen LogP contribution in [-0.4, -0.2) is 23.7 Å². The van der Waals surface area contributed by atoms with Crippen molar-refractivity contribution in [1.82, 2.24) is 4.57 Å². The molecule has 1 aromatic carbocycles. The molecule has 1 amide bonds. The van der Waals surface area contributed by atoms with Crippen molar-refractivity contribution in [3.05, 3.63) is 40.6 Å². The number of benzene rings is 1. The number of anilines is 1. The molecule has 0 bridgehead atoms. The van der Waals surface area contributed by atoms with Gasteiger partial charge in [-0.2, -0.15) is 0 Å². The van der Waals surface area contributed by atoms with Crippen molar-refractivity contribution in [3.63, 3.8) is 0 Å². The van der Waals surface area contributed by atoms with Crippen molar-refractivity contribution >= 4 is 27.5 Å². The summed E-state index contributed by atoms with van der Waals surface area (Å²) in [6.45, 7) is 1.07. The van der Waals surface area contributed by atoms with Gasteiger partial charge in [0.25, 0.3) is 5.91 Å². The zero-order chi connectivity index (χ0) is 14.1. The topological polar surface area (TPSA) is 52.5 Å². The normalized spacial score (nSPS) is 13.1. The average molecular weight is 337 g/mol. The molecule has 0 spiro atoms. The highest BCUT2D eigenvalue weighted by Gasteiger charge is 2.15. The van der Waals surface area contributed by atoms with Crippen molar-refractivity contribution in [2.24, 2.45) is 7.05 Å². The molecule has 0 atom stereocenters. The number of carbonyl (C=O) groups is 1. The molecule has 6 heteroatoms. The number of amides is 1. The van der Waals surface area contributed by atoms with Crippen molar-refractivity contribution in [2.75, 3.05) is 18.5 Å². The first-order valence-electron chi connectivity index (χ1n) is 6.16. The van der Waals surface area contributed by atoms with Crippen LogP contribution in [0.15, 0.2) is 34.9 Å². The molecule has 1 aliphatic heterocycles. The molecule has 1 aromatic heterocycles. The van der Waals surface area contributed by atoms with Gasteiger partial charge in [-0.15, -0.1) is 0 Å². The van der Waals surface area contributed by atoms with Crippen molar-refractivity contribution in [2.45, 2.75) is 0 Å². The quantitative estimate of drug-likeness (QED) is 0.917. The summed E-state index contributed by atoms with van der Waals surface area (Å²) in [6, 6.07) is 7.13. The van der Waals surface area contributed by atoms with E-state index in [0.717, 1.165) is 4.47 Å². The van der Waals surface area contributed by atoms with E-state index in [0.29, 0.717) is 36.1 Å². The number of ether oxygens (including phenoxy) is 2. The van der Waals surface area contributed by atoms with Crippen LogP contribution in [0, 0.1) is 0 Å². The van der Waals surface area contributed by atoms with E-state index in [4.69, 9.17) is 9.47 Å². The standard InChI is InChI=1S/C14H13BrN2O3/c1-17-8-9(15)6-11(17)14(18)16-10-2-3-12-13(7-10)20-5-4-19-12/h2-3,6-8H,4-5H2,1H3,(H,16,18). The lowest BCUT2D eigenvalue weighted by molar-refractivity contribution is 0.101. The number of hydrogen-bond donors (Lipinski definition) is 1. The Morgan fingerprint density at radius 1 is 1.25 bits per heavy atom. The van der Waals surface area contributed by atoms with Crippen LogP contribution in [0.3, 0.4) is 0 Å². The first kappa shape index (κ1) is 13.1. The van der Waals surface area contributed by atoms with E-state index < -0.39 is 0 Å². The minimum Gasteiger partial charge on any atom is -0.486 e. The second kappa shape index (κ2) is 5.20.